The highest BCUT2D eigenvalue weighted by atomic mass is 16.4. The minimum absolute atomic E-state index is 0.0319. The van der Waals surface area contributed by atoms with Gasteiger partial charge < -0.3 is 20.6 Å². The Morgan fingerprint density at radius 1 is 1.06 bits per heavy atom. The summed E-state index contributed by atoms with van der Waals surface area (Å²) in [6.07, 6.45) is -0.120. The third kappa shape index (κ3) is 7.71. The Kier molecular flexibility index (Phi) is 6.81. The SMILES string of the molecule is O=C(O)CCNC[C@H](NCC(=O)O)C(=O)O. The molecule has 0 aromatic carbocycles. The molecule has 0 unspecified atom stereocenters. The number of carboxylic acids is 3. The number of carbonyl (C=O) groups is 3. The van der Waals surface area contributed by atoms with Crippen LogP contribution in [0.4, 0.5) is 0 Å². The molecule has 0 radical (unpaired) electrons. The van der Waals surface area contributed by atoms with Crippen LogP contribution in [0, 0.1) is 0 Å². The van der Waals surface area contributed by atoms with Gasteiger partial charge in [0, 0.05) is 13.1 Å². The molecule has 0 rings (SSSR count). The minimum atomic E-state index is -1.19. The van der Waals surface area contributed by atoms with Crippen LogP contribution >= 0.6 is 0 Å². The van der Waals surface area contributed by atoms with Crippen LogP contribution < -0.4 is 10.6 Å². The number of hydrogen-bond donors (Lipinski definition) is 5. The summed E-state index contributed by atoms with van der Waals surface area (Å²) in [6.45, 7) is -0.360. The molecule has 0 amide bonds. The van der Waals surface area contributed by atoms with Crippen LogP contribution in [0.3, 0.4) is 0 Å². The number of carboxylic acid groups (broad SMARTS) is 3. The Hall–Kier alpha value is -1.67. The van der Waals surface area contributed by atoms with Crippen LogP contribution in [-0.4, -0.2) is 58.9 Å². The molecule has 0 spiro atoms. The van der Waals surface area contributed by atoms with Crippen molar-refractivity contribution in [2.45, 2.75) is 12.5 Å². The molecule has 8 heteroatoms. The van der Waals surface area contributed by atoms with E-state index in [1.807, 2.05) is 0 Å². The molecule has 0 bridgehead atoms. The zero-order valence-corrected chi connectivity index (χ0v) is 8.47. The summed E-state index contributed by atoms with van der Waals surface area (Å²) >= 11 is 0. The van der Waals surface area contributed by atoms with E-state index in [0.29, 0.717) is 0 Å². The van der Waals surface area contributed by atoms with Crippen LogP contribution in [0.1, 0.15) is 6.42 Å². The van der Waals surface area contributed by atoms with E-state index in [-0.39, 0.29) is 19.5 Å². The standard InChI is InChI=1S/C8H14N2O6/c11-6(12)1-2-9-3-5(8(15)16)10-4-7(13)14/h5,9-10H,1-4H2,(H,11,12)(H,13,14)(H,15,16)/t5-/m0/s1. The van der Waals surface area contributed by atoms with Crippen LogP contribution in [0.2, 0.25) is 0 Å². The van der Waals surface area contributed by atoms with Crippen molar-refractivity contribution in [2.24, 2.45) is 0 Å². The fourth-order valence-electron chi connectivity index (χ4n) is 0.899. The van der Waals surface area contributed by atoms with E-state index in [9.17, 15) is 14.4 Å². The van der Waals surface area contributed by atoms with Crippen molar-refractivity contribution in [1.82, 2.24) is 10.6 Å². The van der Waals surface area contributed by atoms with Crippen molar-refractivity contribution in [2.75, 3.05) is 19.6 Å². The summed E-state index contributed by atoms with van der Waals surface area (Å²) in [5, 5.41) is 30.2. The third-order valence-electron chi connectivity index (χ3n) is 1.66. The lowest BCUT2D eigenvalue weighted by atomic mass is 10.3. The number of aliphatic carboxylic acids is 3. The van der Waals surface area contributed by atoms with Crippen molar-refractivity contribution in [3.63, 3.8) is 0 Å². The van der Waals surface area contributed by atoms with Crippen molar-refractivity contribution in [3.8, 4) is 0 Å². The van der Waals surface area contributed by atoms with Crippen LogP contribution in [0.5, 0.6) is 0 Å². The Balaban J connectivity index is 3.81. The van der Waals surface area contributed by atoms with E-state index in [1.165, 1.54) is 0 Å². The maximum absolute atomic E-state index is 10.6. The molecule has 92 valence electrons. The Bertz CT molecular complexity index is 267. The molecule has 0 saturated carbocycles. The average molecular weight is 234 g/mol. The molecule has 16 heavy (non-hydrogen) atoms. The van der Waals surface area contributed by atoms with E-state index >= 15 is 0 Å². The molecule has 8 nitrogen and oxygen atoms in total. The van der Waals surface area contributed by atoms with E-state index in [0.717, 1.165) is 0 Å². The van der Waals surface area contributed by atoms with Gasteiger partial charge in [-0.25, -0.2) is 0 Å². The fourth-order valence-corrected chi connectivity index (χ4v) is 0.899. The molecule has 0 heterocycles. The van der Waals surface area contributed by atoms with Gasteiger partial charge in [-0.15, -0.1) is 0 Å². The van der Waals surface area contributed by atoms with Gasteiger partial charge in [0.2, 0.25) is 0 Å². The zero-order valence-electron chi connectivity index (χ0n) is 8.47. The maximum atomic E-state index is 10.6. The van der Waals surface area contributed by atoms with Crippen LogP contribution in [-0.2, 0) is 14.4 Å². The Morgan fingerprint density at radius 2 is 1.69 bits per heavy atom. The topological polar surface area (TPSA) is 136 Å². The van der Waals surface area contributed by atoms with Gasteiger partial charge in [-0.3, -0.25) is 19.7 Å². The van der Waals surface area contributed by atoms with Gasteiger partial charge >= 0.3 is 17.9 Å². The lowest BCUT2D eigenvalue weighted by Gasteiger charge is -2.13. The predicted octanol–water partition coefficient (Wildman–Crippen LogP) is -1.82. The van der Waals surface area contributed by atoms with Crippen LogP contribution in [0.25, 0.3) is 0 Å². The summed E-state index contributed by atoms with van der Waals surface area (Å²) in [5.74, 6) is -3.33. The van der Waals surface area contributed by atoms with Gasteiger partial charge in [-0.2, -0.15) is 0 Å². The first-order valence-corrected chi connectivity index (χ1v) is 4.54. The van der Waals surface area contributed by atoms with E-state index in [4.69, 9.17) is 15.3 Å². The molecular formula is C8H14N2O6. The first kappa shape index (κ1) is 14.3. The third-order valence-corrected chi connectivity index (χ3v) is 1.66. The maximum Gasteiger partial charge on any atom is 0.322 e. The molecule has 0 aliphatic rings. The summed E-state index contributed by atoms with van der Waals surface area (Å²) in [6, 6.07) is -1.05. The molecule has 0 aromatic rings. The zero-order chi connectivity index (χ0) is 12.6. The second-order valence-electron chi connectivity index (χ2n) is 3.01. The molecule has 5 N–H and O–H groups in total. The minimum Gasteiger partial charge on any atom is -0.481 e. The van der Waals surface area contributed by atoms with Gasteiger partial charge in [0.25, 0.3) is 0 Å². The van der Waals surface area contributed by atoms with E-state index in [1.54, 1.807) is 0 Å². The lowest BCUT2D eigenvalue weighted by molar-refractivity contribution is -0.140. The number of hydrogen-bond acceptors (Lipinski definition) is 5. The van der Waals surface area contributed by atoms with Crippen molar-refractivity contribution in [1.29, 1.82) is 0 Å². The Labute approximate surface area is 91.3 Å². The molecule has 0 aromatic heterocycles. The quantitative estimate of drug-likeness (QED) is 0.294. The monoisotopic (exact) mass is 234 g/mol. The largest absolute Gasteiger partial charge is 0.481 e. The van der Waals surface area contributed by atoms with Crippen LogP contribution in [0.15, 0.2) is 0 Å². The fraction of sp³-hybridized carbons (Fsp3) is 0.625. The molecule has 0 saturated heterocycles. The van der Waals surface area contributed by atoms with Gasteiger partial charge in [0.05, 0.1) is 13.0 Å². The normalized spacial score (nSPS) is 12.0. The molecule has 1 atom stereocenters. The molecule has 0 fully saturated rings. The van der Waals surface area contributed by atoms with Crippen molar-refractivity contribution in [3.05, 3.63) is 0 Å². The van der Waals surface area contributed by atoms with Gasteiger partial charge in [-0.05, 0) is 0 Å². The highest BCUT2D eigenvalue weighted by Gasteiger charge is 2.17. The first-order chi connectivity index (χ1) is 7.43. The number of rotatable bonds is 9. The van der Waals surface area contributed by atoms with Crippen molar-refractivity contribution >= 4 is 17.9 Å². The highest BCUT2D eigenvalue weighted by Crippen LogP contribution is 1.83. The summed E-state index contributed by atoms with van der Waals surface area (Å²) in [5.41, 5.74) is 0. The van der Waals surface area contributed by atoms with Crippen molar-refractivity contribution < 1.29 is 29.7 Å². The van der Waals surface area contributed by atoms with E-state index in [2.05, 4.69) is 10.6 Å². The average Bonchev–Trinajstić information content (AvgIpc) is 2.15. The summed E-state index contributed by atoms with van der Waals surface area (Å²) in [4.78, 5) is 31.0. The van der Waals surface area contributed by atoms with Gasteiger partial charge in [0.1, 0.15) is 6.04 Å². The second-order valence-corrected chi connectivity index (χ2v) is 3.01. The number of nitrogens with one attached hydrogen (secondary N) is 2. The Morgan fingerprint density at radius 3 is 2.12 bits per heavy atom. The summed E-state index contributed by atoms with van der Waals surface area (Å²) in [7, 11) is 0. The van der Waals surface area contributed by atoms with E-state index < -0.39 is 30.5 Å². The molecule has 0 aliphatic heterocycles. The summed E-state index contributed by atoms with van der Waals surface area (Å²) < 4.78 is 0. The smallest absolute Gasteiger partial charge is 0.322 e. The second kappa shape index (κ2) is 7.60. The predicted molar refractivity (Wildman–Crippen MR) is 52.2 cm³/mol. The highest BCUT2D eigenvalue weighted by molar-refractivity contribution is 5.75. The first-order valence-electron chi connectivity index (χ1n) is 4.54. The molecular weight excluding hydrogens is 220 g/mol. The molecule has 0 aliphatic carbocycles. The lowest BCUT2D eigenvalue weighted by Crippen LogP contribution is -2.46. The van der Waals surface area contributed by atoms with Gasteiger partial charge in [0.15, 0.2) is 0 Å². The van der Waals surface area contributed by atoms with Gasteiger partial charge in [-0.1, -0.05) is 0 Å².